The number of piperidine rings is 3. The van der Waals surface area contributed by atoms with E-state index < -0.39 is 86.4 Å². The van der Waals surface area contributed by atoms with Gasteiger partial charge in [0.05, 0.1) is 68.3 Å². The molecule has 3 aliphatic rings. The lowest BCUT2D eigenvalue weighted by atomic mass is 9.88. The Bertz CT molecular complexity index is 1150. The molecular weight excluding hydrogens is 739 g/mol. The maximum Gasteiger partial charge on any atom is 0.306 e. The summed E-state index contributed by atoms with van der Waals surface area (Å²) >= 11 is 0. The molecule has 0 unspecified atom stereocenters. The minimum atomic E-state index is -1.77. The summed E-state index contributed by atoms with van der Waals surface area (Å²) in [7, 11) is -5.17. The van der Waals surface area contributed by atoms with Gasteiger partial charge >= 0.3 is 6.17 Å². The van der Waals surface area contributed by atoms with Crippen LogP contribution >= 0.6 is 0 Å². The zero-order valence-electron chi connectivity index (χ0n) is 33.6. The summed E-state index contributed by atoms with van der Waals surface area (Å²) in [6.45, 7) is 38.2. The number of hydrogen-bond acceptors (Lipinski definition) is 14. The van der Waals surface area contributed by atoms with Gasteiger partial charge in [0.1, 0.15) is 18.3 Å². The molecule has 0 spiro atoms. The molecule has 19 heteroatoms. The molecule has 3 saturated heterocycles. The van der Waals surface area contributed by atoms with Crippen molar-refractivity contribution in [2.45, 2.75) is 177 Å². The lowest BCUT2D eigenvalue weighted by Gasteiger charge is -2.47. The Morgan fingerprint density at radius 2 is 1.00 bits per heavy atom. The third-order valence-electron chi connectivity index (χ3n) is 9.11. The second kappa shape index (κ2) is 22.1. The second-order valence-corrected chi connectivity index (χ2v) is 30.6. The van der Waals surface area contributed by atoms with E-state index in [4.69, 9.17) is 36.6 Å². The van der Waals surface area contributed by atoms with Crippen molar-refractivity contribution in [3.63, 3.8) is 0 Å². The highest BCUT2D eigenvalue weighted by Crippen LogP contribution is 2.31. The van der Waals surface area contributed by atoms with Crippen LogP contribution in [0.25, 0.3) is 9.69 Å². The van der Waals surface area contributed by atoms with Crippen molar-refractivity contribution < 1.29 is 54.1 Å². The summed E-state index contributed by atoms with van der Waals surface area (Å²) in [5.74, 6) is 0.0914. The molecule has 0 aliphatic carbocycles. The molecule has 3 heterocycles. The highest BCUT2D eigenvalue weighted by atomic mass is 28.4. The number of unbranched alkanes of at least 4 members (excludes halogenated alkanes) is 1. The van der Waals surface area contributed by atoms with Crippen molar-refractivity contribution in [2.24, 2.45) is 5.92 Å². The number of aliphatic hydroxyl groups excluding tert-OH is 8. The van der Waals surface area contributed by atoms with E-state index in [1.165, 1.54) is 0 Å². The van der Waals surface area contributed by atoms with Crippen LogP contribution in [0, 0.1) is 19.1 Å². The molecule has 0 radical (unpaired) electrons. The maximum atomic E-state index is 9.69. The van der Waals surface area contributed by atoms with Gasteiger partial charge in [-0.05, 0) is 65.3 Å². The van der Waals surface area contributed by atoms with E-state index in [1.54, 1.807) is 0 Å². The van der Waals surface area contributed by atoms with E-state index in [0.29, 0.717) is 6.61 Å². The van der Waals surface area contributed by atoms with Crippen LogP contribution in [0.5, 0.6) is 0 Å². The summed E-state index contributed by atoms with van der Waals surface area (Å²) in [4.78, 5) is 6.84. The lowest BCUT2D eigenvalue weighted by molar-refractivity contribution is -0.120. The van der Waals surface area contributed by atoms with E-state index in [2.05, 4.69) is 91.5 Å². The number of nitrogens with one attached hydrogen (secondary N) is 3. The number of rotatable bonds is 12. The zero-order valence-corrected chi connectivity index (χ0v) is 36.6. The summed E-state index contributed by atoms with van der Waals surface area (Å²) in [6, 6.07) is -1.57. The maximum absolute atomic E-state index is 9.69. The Balaban J connectivity index is 0.000000427. The van der Waals surface area contributed by atoms with Crippen molar-refractivity contribution in [1.82, 2.24) is 16.0 Å². The standard InChI is InChI=1S/C17H38N2O3Si3.C10H21NO4.C7H12N2O4/c1-13-15(21-24(6,7)8)16(22-25(9,10)11)14(19-17(13)18-2)12-20-23(3,4)5;1-2-3-4-6-8(13)10(15)9(14)7(5-12)11-6;1-8-7-6(13)5(12)4(11)3(2-10)9-7/h13-17,19H,12H2,1,3-11H3;6-15H,2-5H2,1H3;3-7,9-13H,2H2/t13-,14-,15-,16-,17+;6-,7-,8+,9-,10-;3-,4-,5+,6-,7+/m111/s1. The Kier molecular flexibility index (Phi) is 20.9. The molecule has 0 aromatic heterocycles. The van der Waals surface area contributed by atoms with Crippen LogP contribution < -0.4 is 16.0 Å². The van der Waals surface area contributed by atoms with Gasteiger partial charge in [0.2, 0.25) is 0 Å². The molecule has 11 N–H and O–H groups in total. The van der Waals surface area contributed by atoms with Gasteiger partial charge in [-0.2, -0.15) is 0 Å². The fourth-order valence-corrected chi connectivity index (χ4v) is 9.22. The van der Waals surface area contributed by atoms with Crippen molar-refractivity contribution in [3.8, 4) is 0 Å². The van der Waals surface area contributed by atoms with Crippen molar-refractivity contribution in [2.75, 3.05) is 19.8 Å². The Hall–Kier alpha value is -0.929. The quantitative estimate of drug-likeness (QED) is 0.0921. The van der Waals surface area contributed by atoms with Gasteiger partial charge in [-0.1, -0.05) is 26.7 Å². The fraction of sp³-hybridized carbons (Fsp3) is 0.941. The van der Waals surface area contributed by atoms with Gasteiger partial charge in [0.15, 0.2) is 31.1 Å². The number of hydrogen-bond donors (Lipinski definition) is 11. The van der Waals surface area contributed by atoms with Crippen LogP contribution in [0.1, 0.15) is 33.1 Å². The summed E-state index contributed by atoms with van der Waals surface area (Å²) in [5.41, 5.74) is 0. The molecule has 0 bridgehead atoms. The highest BCUT2D eigenvalue weighted by molar-refractivity contribution is 6.70. The first-order valence-corrected chi connectivity index (χ1v) is 28.9. The Morgan fingerprint density at radius 1 is 0.566 bits per heavy atom. The predicted octanol–water partition coefficient (Wildman–Crippen LogP) is 0.00198. The molecule has 0 aromatic carbocycles. The molecule has 3 aliphatic heterocycles. The smallest absolute Gasteiger partial charge is 0.306 e. The van der Waals surface area contributed by atoms with Crippen LogP contribution in [0.4, 0.5) is 0 Å². The summed E-state index contributed by atoms with van der Waals surface area (Å²) < 4.78 is 19.3. The summed E-state index contributed by atoms with van der Waals surface area (Å²) in [6.07, 6.45) is -5.89. The van der Waals surface area contributed by atoms with Gasteiger partial charge in [-0.25, -0.2) is 23.8 Å². The summed E-state index contributed by atoms with van der Waals surface area (Å²) in [5, 5.41) is 83.3. The molecular formula is C34H71N5O11Si3. The molecule has 0 saturated carbocycles. The Morgan fingerprint density at radius 3 is 1.43 bits per heavy atom. The molecule has 310 valence electrons. The van der Waals surface area contributed by atoms with Crippen molar-refractivity contribution >= 4 is 25.0 Å². The first kappa shape index (κ1) is 50.1. The average molecular weight is 810 g/mol. The third kappa shape index (κ3) is 16.2. The highest BCUT2D eigenvalue weighted by Gasteiger charge is 2.50. The van der Waals surface area contributed by atoms with E-state index in [9.17, 15) is 30.6 Å². The minimum absolute atomic E-state index is 0.00454. The minimum Gasteiger partial charge on any atom is -0.416 e. The molecule has 15 atom stereocenters. The molecule has 3 rings (SSSR count). The molecule has 3 fully saturated rings. The zero-order chi connectivity index (χ0) is 41.1. The SMILES string of the molecule is CCCC[C@H]1N[C@H](CO)[C@@H](O)[C@H](O)[C@H]1O.[C-]#[N+][C@H]1N[C@H](CO)[C@@H](O)[C@H](O)[C@H]1O.[C-]#[N+][C@H]1N[C@H](CO[Si](C)(C)C)[C@@H](O[Si](C)(C)C)[C@H](O[Si](C)(C)C)[C@H]1C. The normalized spacial score (nSPS) is 37.9. The predicted molar refractivity (Wildman–Crippen MR) is 210 cm³/mol. The first-order chi connectivity index (χ1) is 24.4. The van der Waals surface area contributed by atoms with Crippen LogP contribution in [-0.2, 0) is 13.3 Å². The van der Waals surface area contributed by atoms with Crippen LogP contribution in [0.15, 0.2) is 0 Å². The average Bonchev–Trinajstić information content (AvgIpc) is 3.06. The fourth-order valence-electron chi connectivity index (χ4n) is 6.26. The van der Waals surface area contributed by atoms with E-state index in [-0.39, 0.29) is 43.0 Å². The monoisotopic (exact) mass is 809 g/mol. The van der Waals surface area contributed by atoms with Crippen LogP contribution in [0.2, 0.25) is 58.9 Å². The van der Waals surface area contributed by atoms with Crippen molar-refractivity contribution in [3.05, 3.63) is 22.8 Å². The van der Waals surface area contributed by atoms with E-state index >= 15 is 0 Å². The van der Waals surface area contributed by atoms with E-state index in [0.717, 1.165) is 19.3 Å². The van der Waals surface area contributed by atoms with E-state index in [1.807, 2.05) is 6.92 Å². The number of aliphatic hydroxyl groups is 8. The topological polar surface area (TPSA) is 234 Å². The van der Waals surface area contributed by atoms with Crippen LogP contribution in [0.3, 0.4) is 0 Å². The van der Waals surface area contributed by atoms with Gasteiger partial charge in [-0.15, -0.1) is 0 Å². The molecule has 53 heavy (non-hydrogen) atoms. The van der Waals surface area contributed by atoms with Crippen LogP contribution in [-0.4, -0.2) is 171 Å². The van der Waals surface area contributed by atoms with Crippen molar-refractivity contribution in [1.29, 1.82) is 0 Å². The third-order valence-corrected chi connectivity index (χ3v) is 12.1. The van der Waals surface area contributed by atoms with Gasteiger partial charge in [-0.3, -0.25) is 9.69 Å². The van der Waals surface area contributed by atoms with Gasteiger partial charge < -0.3 is 59.4 Å². The molecule has 0 amide bonds. The second-order valence-electron chi connectivity index (χ2n) is 17.2. The van der Waals surface area contributed by atoms with Gasteiger partial charge in [0.25, 0.3) is 6.17 Å². The first-order valence-electron chi connectivity index (χ1n) is 18.7. The molecule has 0 aromatic rings. The number of nitrogens with zero attached hydrogens (tertiary/aromatic N) is 2. The molecule has 16 nitrogen and oxygen atoms in total. The Labute approximate surface area is 320 Å². The lowest BCUT2D eigenvalue weighted by Crippen LogP contribution is -2.66. The largest absolute Gasteiger partial charge is 0.416 e. The van der Waals surface area contributed by atoms with Gasteiger partial charge in [0, 0.05) is 6.04 Å².